The molecule has 3 nitrogen and oxygen atoms in total. The summed E-state index contributed by atoms with van der Waals surface area (Å²) >= 11 is 23.5. The van der Waals surface area contributed by atoms with Gasteiger partial charge in [0, 0.05) is 16.5 Å². The summed E-state index contributed by atoms with van der Waals surface area (Å²) in [5.74, 6) is -0.395. The fourth-order valence-electron chi connectivity index (χ4n) is 1.29. The minimum Gasteiger partial charge on any atom is -0.294 e. The summed E-state index contributed by atoms with van der Waals surface area (Å²) in [6.07, 6.45) is 0.874. The molecule has 0 heterocycles. The van der Waals surface area contributed by atoms with Crippen molar-refractivity contribution < 1.29 is 4.79 Å². The molecule has 0 aromatic heterocycles. The Morgan fingerprint density at radius 2 is 1.95 bits per heavy atom. The Labute approximate surface area is 131 Å². The van der Waals surface area contributed by atoms with Crippen molar-refractivity contribution in [1.29, 1.82) is 0 Å². The molecular weight excluding hydrogens is 330 g/mol. The van der Waals surface area contributed by atoms with Crippen LogP contribution in [0.3, 0.4) is 0 Å². The molecule has 0 saturated carbocycles. The Bertz CT molecular complexity index is 515. The maximum absolute atomic E-state index is 11.6. The van der Waals surface area contributed by atoms with Gasteiger partial charge in [0.15, 0.2) is 5.78 Å². The first-order valence-corrected chi connectivity index (χ1v) is 7.08. The van der Waals surface area contributed by atoms with Gasteiger partial charge in [0.05, 0.1) is 5.69 Å². The van der Waals surface area contributed by atoms with E-state index in [1.807, 2.05) is 6.92 Å². The summed E-state index contributed by atoms with van der Waals surface area (Å²) < 4.78 is -1.88. The Hall–Kier alpha value is -0.350. The maximum atomic E-state index is 11.6. The topological polar surface area (TPSA) is 41.8 Å². The number of rotatable bonds is 5. The molecule has 0 aliphatic rings. The number of azo groups is 1. The Kier molecular flexibility index (Phi) is 6.06. The third-order valence-electron chi connectivity index (χ3n) is 2.38. The van der Waals surface area contributed by atoms with Crippen molar-refractivity contribution in [3.05, 3.63) is 27.7 Å². The van der Waals surface area contributed by atoms with Gasteiger partial charge in [-0.3, -0.25) is 4.79 Å². The second kappa shape index (κ2) is 6.89. The highest BCUT2D eigenvalue weighted by Gasteiger charge is 2.32. The van der Waals surface area contributed by atoms with Crippen LogP contribution in [0, 0.1) is 6.92 Å². The summed E-state index contributed by atoms with van der Waals surface area (Å²) in [5, 5.41) is 8.42. The second-order valence-corrected chi connectivity index (χ2v) is 6.08. The molecule has 0 unspecified atom stereocenters. The molecule has 19 heavy (non-hydrogen) atoms. The van der Waals surface area contributed by atoms with E-state index in [-0.39, 0.29) is 6.42 Å². The van der Waals surface area contributed by atoms with Gasteiger partial charge in [0.25, 0.3) is 4.46 Å². The number of ketones is 1. The molecule has 1 rings (SSSR count). The lowest BCUT2D eigenvalue weighted by Crippen LogP contribution is -2.22. The van der Waals surface area contributed by atoms with E-state index < -0.39 is 10.2 Å². The number of alkyl halides is 2. The van der Waals surface area contributed by atoms with Crippen LogP contribution in [0.2, 0.25) is 10.0 Å². The summed E-state index contributed by atoms with van der Waals surface area (Å²) in [5.41, 5.74) is 1.11. The highest BCUT2D eigenvalue weighted by atomic mass is 35.5. The van der Waals surface area contributed by atoms with Gasteiger partial charge >= 0.3 is 0 Å². The van der Waals surface area contributed by atoms with Gasteiger partial charge in [0.2, 0.25) is 0 Å². The highest BCUT2D eigenvalue weighted by Crippen LogP contribution is 2.33. The largest absolute Gasteiger partial charge is 0.294 e. The molecule has 0 N–H and O–H groups in total. The monoisotopic (exact) mass is 340 g/mol. The van der Waals surface area contributed by atoms with E-state index in [0.717, 1.165) is 0 Å². The van der Waals surface area contributed by atoms with Crippen molar-refractivity contribution in [3.8, 4) is 0 Å². The number of Topliss-reactive ketones (excluding diaryl/α,β-unsaturated/α-hetero) is 1. The zero-order valence-electron chi connectivity index (χ0n) is 10.4. The number of carbonyl (C=O) groups is 1. The molecule has 104 valence electrons. The molecule has 0 saturated heterocycles. The third-order valence-corrected chi connectivity index (χ3v) is 3.56. The summed E-state index contributed by atoms with van der Waals surface area (Å²) in [4.78, 5) is 11.6. The quantitative estimate of drug-likeness (QED) is 0.374. The fraction of sp³-hybridized carbons (Fsp3) is 0.417. The third kappa shape index (κ3) is 4.60. The van der Waals surface area contributed by atoms with Crippen LogP contribution in [-0.4, -0.2) is 10.2 Å². The molecule has 0 spiro atoms. The van der Waals surface area contributed by atoms with Crippen LogP contribution < -0.4 is 0 Å². The first-order valence-electron chi connectivity index (χ1n) is 5.57. The van der Waals surface area contributed by atoms with Crippen molar-refractivity contribution in [2.45, 2.75) is 31.1 Å². The summed E-state index contributed by atoms with van der Waals surface area (Å²) in [7, 11) is 0. The normalized spacial score (nSPS) is 12.1. The Morgan fingerprint density at radius 3 is 2.53 bits per heavy atom. The van der Waals surface area contributed by atoms with Gasteiger partial charge < -0.3 is 0 Å². The predicted octanol–water partition coefficient (Wildman–Crippen LogP) is 5.89. The van der Waals surface area contributed by atoms with Crippen LogP contribution in [0.25, 0.3) is 0 Å². The molecule has 0 radical (unpaired) electrons. The first kappa shape index (κ1) is 16.7. The molecule has 1 aromatic carbocycles. The SMILES string of the molecule is CCCC(=O)C(Cl)(Cl)N=Nc1cc(Cl)cc(Cl)c1C. The molecule has 1 aromatic rings. The van der Waals surface area contributed by atoms with E-state index in [1.165, 1.54) is 0 Å². The first-order chi connectivity index (χ1) is 8.77. The number of nitrogens with zero attached hydrogens (tertiary/aromatic N) is 2. The standard InChI is InChI=1S/C12H12Cl4N2O/c1-3-4-11(19)12(15,16)18-17-10-6-8(13)5-9(14)7(10)2/h5-6H,3-4H2,1-2H3. The van der Waals surface area contributed by atoms with Gasteiger partial charge in [-0.05, 0) is 31.0 Å². The average Bonchev–Trinajstić information content (AvgIpc) is 2.32. The van der Waals surface area contributed by atoms with Crippen LogP contribution >= 0.6 is 46.4 Å². The zero-order valence-corrected chi connectivity index (χ0v) is 13.4. The van der Waals surface area contributed by atoms with Crippen molar-refractivity contribution in [2.75, 3.05) is 0 Å². The fourth-order valence-corrected chi connectivity index (χ4v) is 2.03. The smallest absolute Gasteiger partial charge is 0.286 e. The second-order valence-electron chi connectivity index (χ2n) is 3.95. The van der Waals surface area contributed by atoms with Gasteiger partial charge in [-0.15, -0.1) is 5.11 Å². The lowest BCUT2D eigenvalue weighted by molar-refractivity contribution is -0.119. The van der Waals surface area contributed by atoms with Crippen LogP contribution in [0.4, 0.5) is 5.69 Å². The van der Waals surface area contributed by atoms with Gasteiger partial charge in [-0.2, -0.15) is 5.11 Å². The van der Waals surface area contributed by atoms with Crippen LogP contribution in [0.15, 0.2) is 22.4 Å². The van der Waals surface area contributed by atoms with Gasteiger partial charge in [-0.25, -0.2) is 0 Å². The molecule has 0 aliphatic heterocycles. The van der Waals surface area contributed by atoms with Gasteiger partial charge in [-0.1, -0.05) is 53.3 Å². The molecular formula is C12H12Cl4N2O. The molecule has 0 aliphatic carbocycles. The summed E-state index contributed by atoms with van der Waals surface area (Å²) in [6.45, 7) is 3.60. The van der Waals surface area contributed by atoms with Crippen molar-refractivity contribution in [1.82, 2.24) is 0 Å². The molecule has 0 fully saturated rings. The van der Waals surface area contributed by atoms with Gasteiger partial charge in [0.1, 0.15) is 0 Å². The number of benzene rings is 1. The lowest BCUT2D eigenvalue weighted by Gasteiger charge is -2.11. The zero-order chi connectivity index (χ0) is 14.6. The number of hydrogen-bond acceptors (Lipinski definition) is 3. The Balaban J connectivity index is 3.02. The van der Waals surface area contributed by atoms with Crippen molar-refractivity contribution >= 4 is 57.9 Å². The van der Waals surface area contributed by atoms with Crippen molar-refractivity contribution in [3.63, 3.8) is 0 Å². The maximum Gasteiger partial charge on any atom is 0.286 e. The number of hydrogen-bond donors (Lipinski definition) is 0. The number of carbonyl (C=O) groups excluding carboxylic acids is 1. The van der Waals surface area contributed by atoms with E-state index in [0.29, 0.717) is 27.7 Å². The predicted molar refractivity (Wildman–Crippen MR) is 80.1 cm³/mol. The van der Waals surface area contributed by atoms with E-state index in [4.69, 9.17) is 46.4 Å². The number of halogens is 4. The molecule has 0 bridgehead atoms. The molecule has 7 heteroatoms. The lowest BCUT2D eigenvalue weighted by atomic mass is 10.2. The molecule has 0 amide bonds. The van der Waals surface area contributed by atoms with E-state index in [9.17, 15) is 4.79 Å². The van der Waals surface area contributed by atoms with E-state index in [1.54, 1.807) is 19.1 Å². The van der Waals surface area contributed by atoms with Crippen molar-refractivity contribution in [2.24, 2.45) is 10.2 Å². The highest BCUT2D eigenvalue weighted by molar-refractivity contribution is 6.58. The minimum atomic E-state index is -1.88. The van der Waals surface area contributed by atoms with E-state index in [2.05, 4.69) is 10.2 Å². The van der Waals surface area contributed by atoms with Crippen LogP contribution in [-0.2, 0) is 4.79 Å². The van der Waals surface area contributed by atoms with Crippen LogP contribution in [0.5, 0.6) is 0 Å². The minimum absolute atomic E-state index is 0.237. The Morgan fingerprint density at radius 1 is 1.32 bits per heavy atom. The summed E-state index contributed by atoms with van der Waals surface area (Å²) in [6, 6.07) is 3.16. The molecule has 0 atom stereocenters. The van der Waals surface area contributed by atoms with Crippen LogP contribution in [0.1, 0.15) is 25.3 Å². The average molecular weight is 342 g/mol. The van der Waals surface area contributed by atoms with E-state index >= 15 is 0 Å².